The number of pyridine rings is 1. The first kappa shape index (κ1) is 18.9. The van der Waals surface area contributed by atoms with E-state index in [1.807, 2.05) is 17.0 Å². The van der Waals surface area contributed by atoms with E-state index in [1.165, 1.54) is 30.3 Å². The zero-order chi connectivity index (χ0) is 20.2. The topological polar surface area (TPSA) is 48.5 Å². The first-order chi connectivity index (χ1) is 14.1. The van der Waals surface area contributed by atoms with Crippen LogP contribution in [0.15, 0.2) is 66.9 Å². The van der Waals surface area contributed by atoms with E-state index in [-0.39, 0.29) is 17.5 Å². The third kappa shape index (κ3) is 4.34. The predicted molar refractivity (Wildman–Crippen MR) is 109 cm³/mol. The van der Waals surface area contributed by atoms with Crippen LogP contribution in [0.25, 0.3) is 0 Å². The molecule has 7 heteroatoms. The average Bonchev–Trinajstić information content (AvgIpc) is 2.75. The summed E-state index contributed by atoms with van der Waals surface area (Å²) in [6.07, 6.45) is 1.71. The summed E-state index contributed by atoms with van der Waals surface area (Å²) in [5, 5.41) is 2.70. The van der Waals surface area contributed by atoms with Crippen molar-refractivity contribution in [2.45, 2.75) is 0 Å². The second-order valence-corrected chi connectivity index (χ2v) is 6.79. The van der Waals surface area contributed by atoms with Gasteiger partial charge in [-0.2, -0.15) is 0 Å². The highest BCUT2D eigenvalue weighted by molar-refractivity contribution is 6.03. The molecule has 1 aliphatic heterocycles. The lowest BCUT2D eigenvalue weighted by atomic mass is 10.2. The normalized spacial score (nSPS) is 14.0. The molecular weight excluding hydrogens is 374 g/mol. The molecule has 148 valence electrons. The van der Waals surface area contributed by atoms with Crippen LogP contribution in [0.5, 0.6) is 0 Å². The minimum Gasteiger partial charge on any atom is -0.367 e. The first-order valence-electron chi connectivity index (χ1n) is 9.37. The molecular formula is C22H20F2N4O. The van der Waals surface area contributed by atoms with Gasteiger partial charge in [0.15, 0.2) is 0 Å². The molecule has 0 radical (unpaired) electrons. The van der Waals surface area contributed by atoms with Gasteiger partial charge in [0.1, 0.15) is 17.5 Å². The Hall–Kier alpha value is -3.48. The van der Waals surface area contributed by atoms with E-state index < -0.39 is 0 Å². The molecule has 3 aromatic rings. The van der Waals surface area contributed by atoms with Crippen molar-refractivity contribution < 1.29 is 13.6 Å². The van der Waals surface area contributed by atoms with Crippen LogP contribution in [0.2, 0.25) is 0 Å². The molecule has 2 heterocycles. The molecule has 2 aromatic carbocycles. The summed E-state index contributed by atoms with van der Waals surface area (Å²) in [5.74, 6) is -0.514. The number of piperazine rings is 1. The number of carbonyl (C=O) groups excluding carboxylic acids is 1. The smallest absolute Gasteiger partial charge is 0.256 e. The van der Waals surface area contributed by atoms with Gasteiger partial charge in [0, 0.05) is 31.7 Å². The molecule has 0 bridgehead atoms. The molecule has 0 atom stereocenters. The largest absolute Gasteiger partial charge is 0.367 e. The molecule has 1 fully saturated rings. The maximum absolute atomic E-state index is 14.0. The number of amides is 1. The molecule has 0 aliphatic carbocycles. The molecule has 1 amide bonds. The highest BCUT2D eigenvalue weighted by Gasteiger charge is 2.19. The van der Waals surface area contributed by atoms with Gasteiger partial charge in [0.05, 0.1) is 17.6 Å². The van der Waals surface area contributed by atoms with Gasteiger partial charge in [-0.25, -0.2) is 13.8 Å². The van der Waals surface area contributed by atoms with Gasteiger partial charge in [0.2, 0.25) is 0 Å². The lowest BCUT2D eigenvalue weighted by molar-refractivity contribution is 0.102. The molecule has 4 rings (SSSR count). The van der Waals surface area contributed by atoms with Crippen molar-refractivity contribution in [3.05, 3.63) is 84.1 Å². The zero-order valence-corrected chi connectivity index (χ0v) is 15.7. The summed E-state index contributed by atoms with van der Waals surface area (Å²) in [5.41, 5.74) is 1.93. The number of aromatic nitrogens is 1. The zero-order valence-electron chi connectivity index (χ0n) is 15.7. The van der Waals surface area contributed by atoms with Gasteiger partial charge in [-0.1, -0.05) is 12.1 Å². The number of rotatable bonds is 4. The SMILES string of the molecule is O=C(Nc1ccc(N2CCN(c3ccccc3F)CC2)cn1)c1ccc(F)cc1. The molecule has 0 saturated carbocycles. The van der Waals surface area contributed by atoms with Crippen molar-refractivity contribution in [2.24, 2.45) is 0 Å². The highest BCUT2D eigenvalue weighted by Crippen LogP contribution is 2.23. The van der Waals surface area contributed by atoms with Crippen molar-refractivity contribution in [2.75, 3.05) is 41.3 Å². The van der Waals surface area contributed by atoms with Crippen LogP contribution >= 0.6 is 0 Å². The number of hydrogen-bond acceptors (Lipinski definition) is 4. The second kappa shape index (κ2) is 8.26. The third-order valence-electron chi connectivity index (χ3n) is 4.93. The number of nitrogens with zero attached hydrogens (tertiary/aromatic N) is 3. The lowest BCUT2D eigenvalue weighted by Gasteiger charge is -2.37. The van der Waals surface area contributed by atoms with Crippen molar-refractivity contribution in [1.29, 1.82) is 0 Å². The van der Waals surface area contributed by atoms with Gasteiger partial charge >= 0.3 is 0 Å². The summed E-state index contributed by atoms with van der Waals surface area (Å²) in [6, 6.07) is 15.8. The summed E-state index contributed by atoms with van der Waals surface area (Å²) >= 11 is 0. The van der Waals surface area contributed by atoms with Crippen molar-refractivity contribution in [3.63, 3.8) is 0 Å². The maximum Gasteiger partial charge on any atom is 0.256 e. The quantitative estimate of drug-likeness (QED) is 0.728. The molecule has 5 nitrogen and oxygen atoms in total. The summed E-state index contributed by atoms with van der Waals surface area (Å²) in [4.78, 5) is 20.7. The fraction of sp³-hybridized carbons (Fsp3) is 0.182. The molecule has 1 saturated heterocycles. The van der Waals surface area contributed by atoms with Crippen LogP contribution in [-0.4, -0.2) is 37.1 Å². The average molecular weight is 394 g/mol. The minimum absolute atomic E-state index is 0.205. The predicted octanol–water partition coefficient (Wildman–Crippen LogP) is 3.94. The maximum atomic E-state index is 14.0. The number of anilines is 3. The number of para-hydroxylation sites is 1. The second-order valence-electron chi connectivity index (χ2n) is 6.79. The first-order valence-corrected chi connectivity index (χ1v) is 9.37. The van der Waals surface area contributed by atoms with Crippen LogP contribution in [-0.2, 0) is 0 Å². The van der Waals surface area contributed by atoms with E-state index in [9.17, 15) is 13.6 Å². The Bertz CT molecular complexity index is 984. The van der Waals surface area contributed by atoms with Gasteiger partial charge in [-0.3, -0.25) is 4.79 Å². The lowest BCUT2D eigenvalue weighted by Crippen LogP contribution is -2.46. The van der Waals surface area contributed by atoms with Crippen LogP contribution in [0, 0.1) is 11.6 Å². The monoisotopic (exact) mass is 394 g/mol. The van der Waals surface area contributed by atoms with Gasteiger partial charge in [-0.15, -0.1) is 0 Å². The Morgan fingerprint density at radius 1 is 0.862 bits per heavy atom. The molecule has 0 spiro atoms. The minimum atomic E-state index is -0.390. The third-order valence-corrected chi connectivity index (χ3v) is 4.93. The van der Waals surface area contributed by atoms with Crippen molar-refractivity contribution >= 4 is 23.1 Å². The molecule has 1 N–H and O–H groups in total. The van der Waals surface area contributed by atoms with Gasteiger partial charge < -0.3 is 15.1 Å². The van der Waals surface area contributed by atoms with Crippen LogP contribution < -0.4 is 15.1 Å². The molecule has 1 aliphatic rings. The Morgan fingerprint density at radius 3 is 2.21 bits per heavy atom. The molecule has 0 unspecified atom stereocenters. The molecule has 29 heavy (non-hydrogen) atoms. The Labute approximate surface area is 167 Å². The number of hydrogen-bond donors (Lipinski definition) is 1. The van der Waals surface area contributed by atoms with E-state index in [0.717, 1.165) is 18.8 Å². The summed E-state index contributed by atoms with van der Waals surface area (Å²) in [7, 11) is 0. The number of halogens is 2. The van der Waals surface area contributed by atoms with E-state index in [4.69, 9.17) is 0 Å². The standard InChI is InChI=1S/C22H20F2N4O/c23-17-7-5-16(6-8-17)22(29)26-21-10-9-18(15-25-21)27-11-13-28(14-12-27)20-4-2-1-3-19(20)24/h1-10,15H,11-14H2,(H,25,26,29). The number of carbonyl (C=O) groups is 1. The Morgan fingerprint density at radius 2 is 1.55 bits per heavy atom. The highest BCUT2D eigenvalue weighted by atomic mass is 19.1. The van der Waals surface area contributed by atoms with Crippen LogP contribution in [0.3, 0.4) is 0 Å². The van der Waals surface area contributed by atoms with Crippen molar-refractivity contribution in [3.8, 4) is 0 Å². The van der Waals surface area contributed by atoms with Gasteiger partial charge in [-0.05, 0) is 48.5 Å². The van der Waals surface area contributed by atoms with Gasteiger partial charge in [0.25, 0.3) is 5.91 Å². The van der Waals surface area contributed by atoms with E-state index in [2.05, 4.69) is 15.2 Å². The van der Waals surface area contributed by atoms with Crippen LogP contribution in [0.1, 0.15) is 10.4 Å². The summed E-state index contributed by atoms with van der Waals surface area (Å²) in [6.45, 7) is 2.92. The van der Waals surface area contributed by atoms with E-state index in [0.29, 0.717) is 30.2 Å². The molecule has 1 aromatic heterocycles. The van der Waals surface area contributed by atoms with E-state index in [1.54, 1.807) is 24.4 Å². The number of benzene rings is 2. The Kier molecular flexibility index (Phi) is 5.37. The van der Waals surface area contributed by atoms with Crippen molar-refractivity contribution in [1.82, 2.24) is 4.98 Å². The fourth-order valence-electron chi connectivity index (χ4n) is 3.35. The van der Waals surface area contributed by atoms with E-state index >= 15 is 0 Å². The summed E-state index contributed by atoms with van der Waals surface area (Å²) < 4.78 is 26.9. The van der Waals surface area contributed by atoms with Crippen LogP contribution in [0.4, 0.5) is 26.0 Å². The fourth-order valence-corrected chi connectivity index (χ4v) is 3.35. The number of nitrogens with one attached hydrogen (secondary N) is 1. The Balaban J connectivity index is 1.35.